The number of ether oxygens (including phenoxy) is 1. The fourth-order valence-electron chi connectivity index (χ4n) is 1.74. The smallest absolute Gasteiger partial charge is 0.250 e. The van der Waals surface area contributed by atoms with Crippen molar-refractivity contribution in [3.63, 3.8) is 0 Å². The molecule has 0 unspecified atom stereocenters. The molecule has 0 atom stereocenters. The van der Waals surface area contributed by atoms with Crippen molar-refractivity contribution < 1.29 is 14.3 Å². The zero-order valence-corrected chi connectivity index (χ0v) is 13.5. The van der Waals surface area contributed by atoms with E-state index in [-0.39, 0.29) is 25.0 Å². The second-order valence-electron chi connectivity index (χ2n) is 4.46. The van der Waals surface area contributed by atoms with Crippen molar-refractivity contribution in [2.24, 2.45) is 0 Å². The van der Waals surface area contributed by atoms with Crippen LogP contribution in [-0.2, 0) is 20.9 Å². The number of amides is 2. The van der Waals surface area contributed by atoms with Crippen LogP contribution >= 0.6 is 15.9 Å². The average Bonchev–Trinajstić information content (AvgIpc) is 2.86. The summed E-state index contributed by atoms with van der Waals surface area (Å²) in [5, 5.41) is 9.43. The van der Waals surface area contributed by atoms with Gasteiger partial charge < -0.3 is 15.4 Å². The van der Waals surface area contributed by atoms with E-state index in [2.05, 4.69) is 31.7 Å². The SMILES string of the molecule is COCC(=O)Nc1ccc(NC(=O)Cn2cc(Br)cn2)cc1. The normalized spacial score (nSPS) is 10.3. The molecule has 2 amide bonds. The maximum absolute atomic E-state index is 11.9. The first-order valence-corrected chi connectivity index (χ1v) is 7.23. The summed E-state index contributed by atoms with van der Waals surface area (Å²) >= 11 is 3.27. The minimum atomic E-state index is -0.233. The molecule has 0 aliphatic heterocycles. The molecule has 0 spiro atoms. The molecule has 1 aromatic heterocycles. The summed E-state index contributed by atoms with van der Waals surface area (Å²) in [7, 11) is 1.45. The zero-order chi connectivity index (χ0) is 15.9. The van der Waals surface area contributed by atoms with Gasteiger partial charge in [-0.05, 0) is 40.2 Å². The lowest BCUT2D eigenvalue weighted by atomic mass is 10.2. The lowest BCUT2D eigenvalue weighted by Crippen LogP contribution is -2.19. The molecule has 0 bridgehead atoms. The van der Waals surface area contributed by atoms with Crippen LogP contribution in [0.5, 0.6) is 0 Å². The Hall–Kier alpha value is -2.19. The Balaban J connectivity index is 1.87. The first kappa shape index (κ1) is 16.2. The lowest BCUT2D eigenvalue weighted by Gasteiger charge is -2.08. The van der Waals surface area contributed by atoms with Crippen molar-refractivity contribution in [3.05, 3.63) is 41.1 Å². The number of methoxy groups -OCH3 is 1. The summed E-state index contributed by atoms with van der Waals surface area (Å²) in [5.74, 6) is -0.421. The number of aromatic nitrogens is 2. The first-order valence-electron chi connectivity index (χ1n) is 6.43. The van der Waals surface area contributed by atoms with E-state index in [1.54, 1.807) is 36.7 Å². The molecule has 0 aliphatic carbocycles. The van der Waals surface area contributed by atoms with Gasteiger partial charge in [0.2, 0.25) is 11.8 Å². The van der Waals surface area contributed by atoms with Crippen LogP contribution in [0.4, 0.5) is 11.4 Å². The standard InChI is InChI=1S/C14H15BrN4O3/c1-22-9-14(21)18-12-4-2-11(3-5-12)17-13(20)8-19-7-10(15)6-16-19/h2-7H,8-9H2,1H3,(H,17,20)(H,18,21). The van der Waals surface area contributed by atoms with Gasteiger partial charge in [0, 0.05) is 24.7 Å². The van der Waals surface area contributed by atoms with Crippen LogP contribution in [0, 0.1) is 0 Å². The first-order chi connectivity index (χ1) is 10.6. The number of nitrogens with zero attached hydrogens (tertiary/aromatic N) is 2. The van der Waals surface area contributed by atoms with Crippen LogP contribution in [0.3, 0.4) is 0 Å². The molecule has 0 saturated carbocycles. The van der Waals surface area contributed by atoms with Gasteiger partial charge in [-0.3, -0.25) is 14.3 Å². The van der Waals surface area contributed by atoms with Gasteiger partial charge in [-0.15, -0.1) is 0 Å². The molecule has 116 valence electrons. The Morgan fingerprint density at radius 1 is 1.18 bits per heavy atom. The third-order valence-electron chi connectivity index (χ3n) is 2.64. The van der Waals surface area contributed by atoms with E-state index in [1.807, 2.05) is 0 Å². The Morgan fingerprint density at radius 3 is 2.27 bits per heavy atom. The number of benzene rings is 1. The predicted octanol–water partition coefficient (Wildman–Crippen LogP) is 1.87. The van der Waals surface area contributed by atoms with Gasteiger partial charge >= 0.3 is 0 Å². The largest absolute Gasteiger partial charge is 0.375 e. The van der Waals surface area contributed by atoms with Crippen LogP contribution < -0.4 is 10.6 Å². The summed E-state index contributed by atoms with van der Waals surface area (Å²) in [5.41, 5.74) is 1.28. The zero-order valence-electron chi connectivity index (χ0n) is 11.9. The number of nitrogens with one attached hydrogen (secondary N) is 2. The fraction of sp³-hybridized carbons (Fsp3) is 0.214. The number of hydrogen-bond acceptors (Lipinski definition) is 4. The highest BCUT2D eigenvalue weighted by molar-refractivity contribution is 9.10. The third kappa shape index (κ3) is 4.97. The number of anilines is 2. The Labute approximate surface area is 135 Å². The van der Waals surface area contributed by atoms with Crippen LogP contribution in [-0.4, -0.2) is 35.3 Å². The maximum atomic E-state index is 11.9. The number of hydrogen-bond donors (Lipinski definition) is 2. The van der Waals surface area contributed by atoms with E-state index in [4.69, 9.17) is 4.74 Å². The van der Waals surface area contributed by atoms with Gasteiger partial charge in [0.25, 0.3) is 0 Å². The molecule has 0 aliphatic rings. The molecular formula is C14H15BrN4O3. The highest BCUT2D eigenvalue weighted by atomic mass is 79.9. The van der Waals surface area contributed by atoms with Gasteiger partial charge in [0.1, 0.15) is 13.2 Å². The molecular weight excluding hydrogens is 352 g/mol. The van der Waals surface area contributed by atoms with Crippen LogP contribution in [0.25, 0.3) is 0 Å². The molecule has 8 heteroatoms. The maximum Gasteiger partial charge on any atom is 0.250 e. The summed E-state index contributed by atoms with van der Waals surface area (Å²) in [6.45, 7) is 0.121. The molecule has 0 saturated heterocycles. The van der Waals surface area contributed by atoms with Crippen molar-refractivity contribution >= 4 is 39.1 Å². The minimum absolute atomic E-state index is 0.00207. The highest BCUT2D eigenvalue weighted by Crippen LogP contribution is 2.14. The number of carbonyl (C=O) groups excluding carboxylic acids is 2. The molecule has 7 nitrogen and oxygen atoms in total. The van der Waals surface area contributed by atoms with E-state index in [1.165, 1.54) is 11.8 Å². The van der Waals surface area contributed by atoms with Gasteiger partial charge in [0.15, 0.2) is 0 Å². The third-order valence-corrected chi connectivity index (χ3v) is 3.04. The van der Waals surface area contributed by atoms with Crippen molar-refractivity contribution in [3.8, 4) is 0 Å². The van der Waals surface area contributed by atoms with E-state index in [0.29, 0.717) is 11.4 Å². The summed E-state index contributed by atoms with van der Waals surface area (Å²) in [4.78, 5) is 23.2. The monoisotopic (exact) mass is 366 g/mol. The van der Waals surface area contributed by atoms with Crippen molar-refractivity contribution in [2.75, 3.05) is 24.4 Å². The topological polar surface area (TPSA) is 85.3 Å². The number of rotatable bonds is 6. The van der Waals surface area contributed by atoms with Crippen LogP contribution in [0.15, 0.2) is 41.1 Å². The highest BCUT2D eigenvalue weighted by Gasteiger charge is 2.06. The fourth-order valence-corrected chi connectivity index (χ4v) is 2.07. The van der Waals surface area contributed by atoms with Gasteiger partial charge in [0.05, 0.1) is 10.7 Å². The van der Waals surface area contributed by atoms with Crippen molar-refractivity contribution in [1.29, 1.82) is 0 Å². The molecule has 2 N–H and O–H groups in total. The Bertz CT molecular complexity index is 654. The summed E-state index contributed by atoms with van der Waals surface area (Å²) in [6, 6.07) is 6.82. The molecule has 22 heavy (non-hydrogen) atoms. The van der Waals surface area contributed by atoms with Gasteiger partial charge in [-0.2, -0.15) is 5.10 Å². The quantitative estimate of drug-likeness (QED) is 0.816. The molecule has 0 radical (unpaired) electrons. The number of carbonyl (C=O) groups is 2. The van der Waals surface area contributed by atoms with Crippen LogP contribution in [0.2, 0.25) is 0 Å². The van der Waals surface area contributed by atoms with Gasteiger partial charge in [-0.25, -0.2) is 0 Å². The Kier molecular flexibility index (Phi) is 5.68. The lowest BCUT2D eigenvalue weighted by molar-refractivity contribution is -0.119. The predicted molar refractivity (Wildman–Crippen MR) is 85.5 cm³/mol. The molecule has 2 aromatic rings. The second-order valence-corrected chi connectivity index (χ2v) is 5.38. The summed E-state index contributed by atoms with van der Waals surface area (Å²) in [6.07, 6.45) is 3.33. The molecule has 0 fully saturated rings. The molecule has 1 heterocycles. The van der Waals surface area contributed by atoms with Gasteiger partial charge in [-0.1, -0.05) is 0 Å². The molecule has 2 rings (SSSR count). The number of halogens is 1. The van der Waals surface area contributed by atoms with E-state index >= 15 is 0 Å². The second kappa shape index (κ2) is 7.71. The van der Waals surface area contributed by atoms with Crippen molar-refractivity contribution in [2.45, 2.75) is 6.54 Å². The van der Waals surface area contributed by atoms with Crippen LogP contribution in [0.1, 0.15) is 0 Å². The van der Waals surface area contributed by atoms with E-state index in [0.717, 1.165) is 4.47 Å². The van der Waals surface area contributed by atoms with E-state index < -0.39 is 0 Å². The molecule has 1 aromatic carbocycles. The average molecular weight is 367 g/mol. The minimum Gasteiger partial charge on any atom is -0.375 e. The summed E-state index contributed by atoms with van der Waals surface area (Å²) < 4.78 is 7.07. The van der Waals surface area contributed by atoms with Crippen molar-refractivity contribution in [1.82, 2.24) is 9.78 Å². The van der Waals surface area contributed by atoms with E-state index in [9.17, 15) is 9.59 Å². The Morgan fingerprint density at radius 2 is 1.77 bits per heavy atom.